The molecule has 4 rings (SSSR count). The molecule has 0 bridgehead atoms. The normalized spacial score (nSPS) is 18.2. The molecule has 0 unspecified atom stereocenters. The van der Waals surface area contributed by atoms with Gasteiger partial charge in [0.05, 0.1) is 11.9 Å². The first-order valence-corrected chi connectivity index (χ1v) is 12.0. The highest BCUT2D eigenvalue weighted by atomic mass is 16.1. The zero-order valence-electron chi connectivity index (χ0n) is 20.0. The van der Waals surface area contributed by atoms with Crippen molar-refractivity contribution >= 4 is 28.6 Å². The molecule has 1 aromatic heterocycles. The van der Waals surface area contributed by atoms with Crippen LogP contribution in [0.25, 0.3) is 10.9 Å². The van der Waals surface area contributed by atoms with Gasteiger partial charge in [0.2, 0.25) is 11.9 Å². The van der Waals surface area contributed by atoms with Crippen LogP contribution in [0.3, 0.4) is 0 Å². The molecule has 1 aliphatic rings. The first-order valence-electron chi connectivity index (χ1n) is 12.0. The second-order valence-electron chi connectivity index (χ2n) is 9.39. The number of amides is 1. The van der Waals surface area contributed by atoms with Gasteiger partial charge in [-0.2, -0.15) is 4.98 Å². The number of hydrogen-bond acceptors (Lipinski definition) is 5. The van der Waals surface area contributed by atoms with Crippen LogP contribution < -0.4 is 15.5 Å². The van der Waals surface area contributed by atoms with E-state index in [2.05, 4.69) is 29.7 Å². The summed E-state index contributed by atoms with van der Waals surface area (Å²) in [6.07, 6.45) is 6.05. The molecular weight excluding hydrogens is 410 g/mol. The van der Waals surface area contributed by atoms with Crippen molar-refractivity contribution in [3.05, 3.63) is 59.7 Å². The summed E-state index contributed by atoms with van der Waals surface area (Å²) in [7, 11) is 4.03. The Hall–Kier alpha value is -3.15. The first-order chi connectivity index (χ1) is 16.0. The number of para-hydroxylation sites is 1. The minimum absolute atomic E-state index is 0.116. The Morgan fingerprint density at radius 3 is 2.48 bits per heavy atom. The molecule has 0 aliphatic heterocycles. The lowest BCUT2D eigenvalue weighted by molar-refractivity contribution is -0.120. The van der Waals surface area contributed by atoms with E-state index in [4.69, 9.17) is 9.97 Å². The summed E-state index contributed by atoms with van der Waals surface area (Å²) in [5.41, 5.74) is 3.25. The number of hydrogen-bond donors (Lipinski definition) is 2. The van der Waals surface area contributed by atoms with Crippen molar-refractivity contribution in [1.29, 1.82) is 0 Å². The molecule has 1 fully saturated rings. The smallest absolute Gasteiger partial charge is 0.225 e. The number of rotatable bonds is 8. The third-order valence-corrected chi connectivity index (χ3v) is 6.67. The Morgan fingerprint density at radius 1 is 1.00 bits per heavy atom. The molecule has 0 radical (unpaired) electrons. The minimum Gasteiger partial charge on any atom is -0.362 e. The van der Waals surface area contributed by atoms with Crippen LogP contribution in [0.1, 0.15) is 43.2 Å². The standard InChI is InChI=1S/C27H35N5O/c1-19-8-4-5-9-21(19)18-25(33)28-17-16-20-12-14-22(15-13-20)29-27-30-24-11-7-6-10-23(24)26(31-27)32(2)3/h4-11,20,22H,12-18H2,1-3H3,(H,28,33)(H,29,30,31). The van der Waals surface area contributed by atoms with E-state index < -0.39 is 0 Å². The zero-order valence-corrected chi connectivity index (χ0v) is 20.0. The SMILES string of the molecule is Cc1ccccc1CC(=O)NCCC1CCC(Nc2nc(N(C)C)c3ccccc3n2)CC1. The van der Waals surface area contributed by atoms with Gasteiger partial charge in [-0.25, -0.2) is 4.98 Å². The van der Waals surface area contributed by atoms with Crippen LogP contribution in [0.4, 0.5) is 11.8 Å². The Labute approximate surface area is 196 Å². The molecule has 2 aromatic carbocycles. The van der Waals surface area contributed by atoms with Crippen molar-refractivity contribution < 1.29 is 4.79 Å². The van der Waals surface area contributed by atoms with E-state index in [9.17, 15) is 4.79 Å². The van der Waals surface area contributed by atoms with Crippen LogP contribution in [-0.2, 0) is 11.2 Å². The van der Waals surface area contributed by atoms with Gasteiger partial charge in [0.25, 0.3) is 0 Å². The van der Waals surface area contributed by atoms with Crippen molar-refractivity contribution in [3.63, 3.8) is 0 Å². The molecule has 0 spiro atoms. The predicted octanol–water partition coefficient (Wildman–Crippen LogP) is 4.72. The molecule has 0 atom stereocenters. The van der Waals surface area contributed by atoms with E-state index in [1.807, 2.05) is 55.4 Å². The number of nitrogens with one attached hydrogen (secondary N) is 2. The van der Waals surface area contributed by atoms with E-state index in [1.54, 1.807) is 0 Å². The number of anilines is 2. The molecule has 1 heterocycles. The molecule has 6 heteroatoms. The number of fused-ring (bicyclic) bond motifs is 1. The summed E-state index contributed by atoms with van der Waals surface area (Å²) in [5, 5.41) is 7.76. The van der Waals surface area contributed by atoms with Crippen molar-refractivity contribution in [2.45, 2.75) is 51.5 Å². The van der Waals surface area contributed by atoms with E-state index >= 15 is 0 Å². The van der Waals surface area contributed by atoms with Gasteiger partial charge in [0.15, 0.2) is 0 Å². The summed E-state index contributed by atoms with van der Waals surface area (Å²) < 4.78 is 0. The summed E-state index contributed by atoms with van der Waals surface area (Å²) in [6, 6.07) is 16.6. The van der Waals surface area contributed by atoms with Crippen LogP contribution in [0.2, 0.25) is 0 Å². The lowest BCUT2D eigenvalue weighted by Crippen LogP contribution is -2.31. The summed E-state index contributed by atoms with van der Waals surface area (Å²) in [5.74, 6) is 2.43. The van der Waals surface area contributed by atoms with E-state index in [0.717, 1.165) is 48.1 Å². The Bertz CT molecular complexity index is 1090. The van der Waals surface area contributed by atoms with Gasteiger partial charge < -0.3 is 15.5 Å². The van der Waals surface area contributed by atoms with Crippen molar-refractivity contribution in [1.82, 2.24) is 15.3 Å². The number of carbonyl (C=O) groups excluding carboxylic acids is 1. The molecule has 2 N–H and O–H groups in total. The molecule has 0 saturated heterocycles. The average molecular weight is 446 g/mol. The third-order valence-electron chi connectivity index (χ3n) is 6.67. The number of aromatic nitrogens is 2. The fourth-order valence-electron chi connectivity index (χ4n) is 4.70. The second kappa shape index (κ2) is 10.6. The van der Waals surface area contributed by atoms with Gasteiger partial charge in [-0.1, -0.05) is 36.4 Å². The topological polar surface area (TPSA) is 70.2 Å². The largest absolute Gasteiger partial charge is 0.362 e. The highest BCUT2D eigenvalue weighted by Crippen LogP contribution is 2.29. The lowest BCUT2D eigenvalue weighted by Gasteiger charge is -2.29. The average Bonchev–Trinajstić information content (AvgIpc) is 2.81. The molecule has 3 aromatic rings. The molecular formula is C27H35N5O. The van der Waals surface area contributed by atoms with E-state index in [1.165, 1.54) is 18.4 Å². The molecule has 33 heavy (non-hydrogen) atoms. The summed E-state index contributed by atoms with van der Waals surface area (Å²) in [4.78, 5) is 23.9. The van der Waals surface area contributed by atoms with Crippen molar-refractivity contribution in [2.24, 2.45) is 5.92 Å². The van der Waals surface area contributed by atoms with Gasteiger partial charge in [0.1, 0.15) is 5.82 Å². The maximum Gasteiger partial charge on any atom is 0.225 e. The zero-order chi connectivity index (χ0) is 23.2. The maximum absolute atomic E-state index is 12.3. The molecule has 1 saturated carbocycles. The molecule has 1 aliphatic carbocycles. The van der Waals surface area contributed by atoms with Crippen molar-refractivity contribution in [3.8, 4) is 0 Å². The second-order valence-corrected chi connectivity index (χ2v) is 9.39. The fourth-order valence-corrected chi connectivity index (χ4v) is 4.70. The fraction of sp³-hybridized carbons (Fsp3) is 0.444. The molecule has 1 amide bonds. The van der Waals surface area contributed by atoms with Gasteiger partial charge in [-0.05, 0) is 68.2 Å². The Morgan fingerprint density at radius 2 is 1.73 bits per heavy atom. The van der Waals surface area contributed by atoms with E-state index in [0.29, 0.717) is 24.3 Å². The van der Waals surface area contributed by atoms with Crippen LogP contribution in [-0.4, -0.2) is 42.6 Å². The first kappa shape index (κ1) is 23.0. The predicted molar refractivity (Wildman–Crippen MR) is 136 cm³/mol. The quantitative estimate of drug-likeness (QED) is 0.525. The maximum atomic E-state index is 12.3. The summed E-state index contributed by atoms with van der Waals surface area (Å²) in [6.45, 7) is 2.81. The van der Waals surface area contributed by atoms with Crippen LogP contribution in [0, 0.1) is 12.8 Å². The van der Waals surface area contributed by atoms with Crippen LogP contribution >= 0.6 is 0 Å². The monoisotopic (exact) mass is 445 g/mol. The third kappa shape index (κ3) is 6.01. The molecule has 174 valence electrons. The highest BCUT2D eigenvalue weighted by Gasteiger charge is 2.22. The van der Waals surface area contributed by atoms with Gasteiger partial charge >= 0.3 is 0 Å². The van der Waals surface area contributed by atoms with Crippen LogP contribution in [0.15, 0.2) is 48.5 Å². The van der Waals surface area contributed by atoms with Gasteiger partial charge in [0, 0.05) is 32.1 Å². The lowest BCUT2D eigenvalue weighted by atomic mass is 9.84. The molecule has 6 nitrogen and oxygen atoms in total. The van der Waals surface area contributed by atoms with Gasteiger partial charge in [-0.15, -0.1) is 0 Å². The van der Waals surface area contributed by atoms with Crippen molar-refractivity contribution in [2.75, 3.05) is 30.9 Å². The Balaban J connectivity index is 1.23. The van der Waals surface area contributed by atoms with Gasteiger partial charge in [-0.3, -0.25) is 4.79 Å². The minimum atomic E-state index is 0.116. The Kier molecular flexibility index (Phi) is 7.43. The van der Waals surface area contributed by atoms with Crippen LogP contribution in [0.5, 0.6) is 0 Å². The number of aryl methyl sites for hydroxylation is 1. The number of carbonyl (C=O) groups is 1. The van der Waals surface area contributed by atoms with E-state index in [-0.39, 0.29) is 5.91 Å². The number of benzene rings is 2. The highest BCUT2D eigenvalue weighted by molar-refractivity contribution is 5.90. The summed E-state index contributed by atoms with van der Waals surface area (Å²) >= 11 is 0. The number of nitrogens with zero attached hydrogens (tertiary/aromatic N) is 3.